The Balaban J connectivity index is 1.80. The average molecular weight is 240 g/mol. The van der Waals surface area contributed by atoms with Gasteiger partial charge in [0.15, 0.2) is 0 Å². The normalized spacial score (nSPS) is 27.2. The van der Waals surface area contributed by atoms with Gasteiger partial charge in [0.1, 0.15) is 0 Å². The maximum atomic E-state index is 11.9. The van der Waals surface area contributed by atoms with Crippen LogP contribution in [0, 0.1) is 5.41 Å². The molecule has 0 spiro atoms. The van der Waals surface area contributed by atoms with Crippen LogP contribution in [0.15, 0.2) is 0 Å². The molecular formula is C13H24N2O2. The Kier molecular flexibility index (Phi) is 4.40. The van der Waals surface area contributed by atoms with Gasteiger partial charge in [-0.05, 0) is 44.1 Å². The van der Waals surface area contributed by atoms with Gasteiger partial charge < -0.3 is 15.7 Å². The first kappa shape index (κ1) is 12.8. The van der Waals surface area contributed by atoms with E-state index in [2.05, 4.69) is 10.6 Å². The highest BCUT2D eigenvalue weighted by molar-refractivity contribution is 5.82. The van der Waals surface area contributed by atoms with E-state index in [4.69, 9.17) is 5.11 Å². The molecule has 3 N–H and O–H groups in total. The first-order chi connectivity index (χ1) is 8.26. The minimum absolute atomic E-state index is 0.0163. The number of aliphatic hydroxyl groups excluding tert-OH is 1. The predicted octanol–water partition coefficient (Wildman–Crippen LogP) is 0.797. The van der Waals surface area contributed by atoms with Crippen molar-refractivity contribution in [3.05, 3.63) is 0 Å². The summed E-state index contributed by atoms with van der Waals surface area (Å²) in [6.07, 6.45) is 7.64. The molecule has 1 saturated heterocycles. The Morgan fingerprint density at radius 3 is 2.71 bits per heavy atom. The molecule has 1 aliphatic carbocycles. The summed E-state index contributed by atoms with van der Waals surface area (Å²) in [4.78, 5) is 11.9. The van der Waals surface area contributed by atoms with Crippen molar-refractivity contribution in [2.45, 2.75) is 51.0 Å². The summed E-state index contributed by atoms with van der Waals surface area (Å²) in [5.41, 5.74) is 0.170. The summed E-state index contributed by atoms with van der Waals surface area (Å²) >= 11 is 0. The third-order valence-electron chi connectivity index (χ3n) is 4.32. The molecule has 2 aliphatic rings. The van der Waals surface area contributed by atoms with Crippen molar-refractivity contribution in [1.29, 1.82) is 0 Å². The van der Waals surface area contributed by atoms with Crippen molar-refractivity contribution in [3.63, 3.8) is 0 Å². The van der Waals surface area contributed by atoms with Gasteiger partial charge in [0.05, 0.1) is 6.04 Å². The van der Waals surface area contributed by atoms with Gasteiger partial charge >= 0.3 is 0 Å². The molecule has 0 radical (unpaired) electrons. The Bertz CT molecular complexity index is 256. The maximum absolute atomic E-state index is 11.9. The second kappa shape index (κ2) is 5.83. The molecule has 1 atom stereocenters. The molecule has 0 aromatic rings. The molecule has 1 unspecified atom stereocenters. The van der Waals surface area contributed by atoms with E-state index in [1.54, 1.807) is 0 Å². The second-order valence-electron chi connectivity index (χ2n) is 5.55. The second-order valence-corrected chi connectivity index (χ2v) is 5.55. The largest absolute Gasteiger partial charge is 0.396 e. The molecule has 2 rings (SSSR count). The summed E-state index contributed by atoms with van der Waals surface area (Å²) in [5.74, 6) is 0.145. The molecule has 1 heterocycles. The van der Waals surface area contributed by atoms with Gasteiger partial charge in [-0.25, -0.2) is 0 Å². The Morgan fingerprint density at radius 2 is 2.12 bits per heavy atom. The van der Waals surface area contributed by atoms with Crippen molar-refractivity contribution in [1.82, 2.24) is 10.6 Å². The Morgan fingerprint density at radius 1 is 1.35 bits per heavy atom. The molecule has 4 nitrogen and oxygen atoms in total. The molecule has 0 aromatic carbocycles. The lowest BCUT2D eigenvalue weighted by molar-refractivity contribution is -0.123. The lowest BCUT2D eigenvalue weighted by Gasteiger charge is -2.29. The maximum Gasteiger partial charge on any atom is 0.237 e. The molecule has 0 aromatic heterocycles. The first-order valence-electron chi connectivity index (χ1n) is 6.88. The monoisotopic (exact) mass is 240 g/mol. The zero-order valence-corrected chi connectivity index (χ0v) is 10.5. The van der Waals surface area contributed by atoms with Gasteiger partial charge in [-0.3, -0.25) is 4.79 Å². The molecular weight excluding hydrogens is 216 g/mol. The van der Waals surface area contributed by atoms with Gasteiger partial charge in [0.2, 0.25) is 5.91 Å². The van der Waals surface area contributed by atoms with E-state index in [1.165, 1.54) is 12.8 Å². The van der Waals surface area contributed by atoms with Crippen LogP contribution >= 0.6 is 0 Å². The summed E-state index contributed by atoms with van der Waals surface area (Å²) in [5, 5.41) is 15.4. The smallest absolute Gasteiger partial charge is 0.237 e. The fourth-order valence-corrected chi connectivity index (χ4v) is 3.18. The van der Waals surface area contributed by atoms with Crippen molar-refractivity contribution < 1.29 is 9.90 Å². The standard InChI is InChI=1S/C13H24N2O2/c16-9-7-13(5-1-2-6-13)10-15-12(17)11-4-3-8-14-11/h11,14,16H,1-10H2,(H,15,17). The van der Waals surface area contributed by atoms with Gasteiger partial charge in [0.25, 0.3) is 0 Å². The number of hydrogen-bond acceptors (Lipinski definition) is 3. The van der Waals surface area contributed by atoms with Crippen molar-refractivity contribution in [3.8, 4) is 0 Å². The molecule has 4 heteroatoms. The highest BCUT2D eigenvalue weighted by atomic mass is 16.3. The van der Waals surface area contributed by atoms with Crippen LogP contribution in [0.4, 0.5) is 0 Å². The number of carbonyl (C=O) groups excluding carboxylic acids is 1. The zero-order valence-electron chi connectivity index (χ0n) is 10.5. The number of amides is 1. The summed E-state index contributed by atoms with van der Waals surface area (Å²) in [6, 6.07) is 0.0163. The van der Waals surface area contributed by atoms with Crippen LogP contribution in [0.3, 0.4) is 0 Å². The minimum atomic E-state index is 0.0163. The molecule has 1 saturated carbocycles. The third kappa shape index (κ3) is 3.19. The Labute approximate surface area is 103 Å². The molecule has 17 heavy (non-hydrogen) atoms. The molecule has 0 bridgehead atoms. The quantitative estimate of drug-likeness (QED) is 0.666. The highest BCUT2D eigenvalue weighted by Crippen LogP contribution is 2.40. The fraction of sp³-hybridized carbons (Fsp3) is 0.923. The number of aliphatic hydroxyl groups is 1. The van der Waals surface area contributed by atoms with Gasteiger partial charge in [-0.1, -0.05) is 12.8 Å². The lowest BCUT2D eigenvalue weighted by Crippen LogP contribution is -2.44. The van der Waals surface area contributed by atoms with Crippen LogP contribution in [0.5, 0.6) is 0 Å². The van der Waals surface area contributed by atoms with E-state index in [9.17, 15) is 4.79 Å². The van der Waals surface area contributed by atoms with E-state index in [-0.39, 0.29) is 24.0 Å². The summed E-state index contributed by atoms with van der Waals surface area (Å²) < 4.78 is 0. The van der Waals surface area contributed by atoms with Gasteiger partial charge in [-0.15, -0.1) is 0 Å². The SMILES string of the molecule is O=C(NCC1(CCO)CCCC1)C1CCCN1. The van der Waals surface area contributed by atoms with Crippen LogP contribution in [0.25, 0.3) is 0 Å². The average Bonchev–Trinajstić information content (AvgIpc) is 2.98. The van der Waals surface area contributed by atoms with Crippen LogP contribution in [-0.4, -0.2) is 36.8 Å². The Hall–Kier alpha value is -0.610. The number of hydrogen-bond donors (Lipinski definition) is 3. The number of nitrogens with one attached hydrogen (secondary N) is 2. The molecule has 2 fully saturated rings. The molecule has 98 valence electrons. The van der Waals surface area contributed by atoms with E-state index in [1.807, 2.05) is 0 Å². The van der Waals surface area contributed by atoms with E-state index in [0.29, 0.717) is 0 Å². The predicted molar refractivity (Wildman–Crippen MR) is 66.6 cm³/mol. The van der Waals surface area contributed by atoms with Crippen molar-refractivity contribution in [2.75, 3.05) is 19.7 Å². The van der Waals surface area contributed by atoms with Crippen LogP contribution in [0.2, 0.25) is 0 Å². The summed E-state index contributed by atoms with van der Waals surface area (Å²) in [7, 11) is 0. The minimum Gasteiger partial charge on any atom is -0.396 e. The van der Waals surface area contributed by atoms with E-state index >= 15 is 0 Å². The van der Waals surface area contributed by atoms with Gasteiger partial charge in [-0.2, -0.15) is 0 Å². The van der Waals surface area contributed by atoms with Gasteiger partial charge in [0, 0.05) is 13.2 Å². The molecule has 1 amide bonds. The first-order valence-corrected chi connectivity index (χ1v) is 6.88. The van der Waals surface area contributed by atoms with Crippen molar-refractivity contribution in [2.24, 2.45) is 5.41 Å². The van der Waals surface area contributed by atoms with E-state index < -0.39 is 0 Å². The molecule has 1 aliphatic heterocycles. The van der Waals surface area contributed by atoms with Crippen molar-refractivity contribution >= 4 is 5.91 Å². The van der Waals surface area contributed by atoms with E-state index in [0.717, 1.165) is 45.2 Å². The lowest BCUT2D eigenvalue weighted by atomic mass is 9.83. The number of carbonyl (C=O) groups is 1. The van der Waals surface area contributed by atoms with Crippen LogP contribution in [-0.2, 0) is 4.79 Å². The fourth-order valence-electron chi connectivity index (χ4n) is 3.18. The summed E-state index contributed by atoms with van der Waals surface area (Å²) in [6.45, 7) is 1.93. The highest BCUT2D eigenvalue weighted by Gasteiger charge is 2.34. The van der Waals surface area contributed by atoms with Crippen LogP contribution in [0.1, 0.15) is 44.9 Å². The topological polar surface area (TPSA) is 61.4 Å². The number of rotatable bonds is 5. The zero-order chi connectivity index (χ0) is 12.1. The van der Waals surface area contributed by atoms with Crippen LogP contribution < -0.4 is 10.6 Å². The third-order valence-corrected chi connectivity index (χ3v) is 4.32.